The summed E-state index contributed by atoms with van der Waals surface area (Å²) in [4.78, 5) is 22.1. The van der Waals surface area contributed by atoms with Gasteiger partial charge in [0.2, 0.25) is 5.91 Å². The highest BCUT2D eigenvalue weighted by Gasteiger charge is 2.22. The minimum absolute atomic E-state index is 0.278. The van der Waals surface area contributed by atoms with Gasteiger partial charge in [-0.25, -0.2) is 0 Å². The molecule has 1 aliphatic heterocycles. The molecule has 0 radical (unpaired) electrons. The molecule has 0 bridgehead atoms. The van der Waals surface area contributed by atoms with Crippen LogP contribution in [-0.4, -0.2) is 33.9 Å². The summed E-state index contributed by atoms with van der Waals surface area (Å²) in [7, 11) is 0. The summed E-state index contributed by atoms with van der Waals surface area (Å²) >= 11 is 0. The van der Waals surface area contributed by atoms with E-state index in [4.69, 9.17) is 0 Å². The molecular weight excluding hydrogens is 322 g/mol. The van der Waals surface area contributed by atoms with E-state index in [9.17, 15) is 4.79 Å². The third-order valence-corrected chi connectivity index (χ3v) is 5.42. The van der Waals surface area contributed by atoms with Crippen LogP contribution >= 0.6 is 0 Å². The molecule has 1 amide bonds. The molecule has 3 aromatic rings. The van der Waals surface area contributed by atoms with E-state index in [1.165, 1.54) is 5.56 Å². The molecule has 0 aliphatic carbocycles. The van der Waals surface area contributed by atoms with Gasteiger partial charge in [0.05, 0.1) is 0 Å². The third kappa shape index (κ3) is 3.96. The predicted octanol–water partition coefficient (Wildman–Crippen LogP) is 3.98. The SMILES string of the molecule is O=C(CCc1cc2cnccc2[nH]1)N1CCC(Cc2ccccc2)CC1. The molecule has 4 nitrogen and oxygen atoms in total. The van der Waals surface area contributed by atoms with Crippen LogP contribution in [0, 0.1) is 5.92 Å². The number of hydrogen-bond donors (Lipinski definition) is 1. The van der Waals surface area contributed by atoms with Crippen LogP contribution < -0.4 is 0 Å². The van der Waals surface area contributed by atoms with E-state index in [-0.39, 0.29) is 5.91 Å². The molecule has 1 saturated heterocycles. The second kappa shape index (κ2) is 7.73. The minimum Gasteiger partial charge on any atom is -0.358 e. The van der Waals surface area contributed by atoms with Gasteiger partial charge >= 0.3 is 0 Å². The van der Waals surface area contributed by atoms with Crippen molar-refractivity contribution in [1.82, 2.24) is 14.9 Å². The monoisotopic (exact) mass is 347 g/mol. The van der Waals surface area contributed by atoms with Crippen molar-refractivity contribution in [3.05, 3.63) is 66.1 Å². The molecule has 26 heavy (non-hydrogen) atoms. The molecule has 1 N–H and O–H groups in total. The van der Waals surface area contributed by atoms with Crippen LogP contribution in [0.15, 0.2) is 54.9 Å². The van der Waals surface area contributed by atoms with E-state index in [1.807, 2.05) is 17.2 Å². The first kappa shape index (κ1) is 16.8. The lowest BCUT2D eigenvalue weighted by Gasteiger charge is -2.32. The van der Waals surface area contributed by atoms with Crippen LogP contribution in [0.1, 0.15) is 30.5 Å². The topological polar surface area (TPSA) is 49.0 Å². The number of H-pyrrole nitrogens is 1. The number of likely N-dealkylation sites (tertiary alicyclic amines) is 1. The standard InChI is InChI=1S/C22H25N3O/c26-22(7-6-20-15-19-16-23-11-8-21(19)24-20)25-12-9-18(10-13-25)14-17-4-2-1-3-5-17/h1-5,8,11,15-16,18,24H,6-7,9-10,12-14H2. The average molecular weight is 347 g/mol. The molecule has 4 heteroatoms. The number of aryl methyl sites for hydroxylation is 1. The Kier molecular flexibility index (Phi) is 5.00. The molecule has 1 fully saturated rings. The number of aromatic nitrogens is 2. The van der Waals surface area contributed by atoms with Gasteiger partial charge in [0.15, 0.2) is 0 Å². The smallest absolute Gasteiger partial charge is 0.222 e. The molecule has 4 rings (SSSR count). The van der Waals surface area contributed by atoms with Gasteiger partial charge in [-0.15, -0.1) is 0 Å². The summed E-state index contributed by atoms with van der Waals surface area (Å²) in [6, 6.07) is 14.7. The van der Waals surface area contributed by atoms with Crippen molar-refractivity contribution >= 4 is 16.8 Å². The van der Waals surface area contributed by atoms with E-state index >= 15 is 0 Å². The predicted molar refractivity (Wildman–Crippen MR) is 104 cm³/mol. The number of nitrogens with zero attached hydrogens (tertiary/aromatic N) is 2. The largest absolute Gasteiger partial charge is 0.358 e. The number of amides is 1. The summed E-state index contributed by atoms with van der Waals surface area (Å²) in [5, 5.41) is 1.11. The number of piperidine rings is 1. The van der Waals surface area contributed by atoms with E-state index < -0.39 is 0 Å². The third-order valence-electron chi connectivity index (χ3n) is 5.42. The first-order chi connectivity index (χ1) is 12.8. The number of fused-ring (bicyclic) bond motifs is 1. The Morgan fingerprint density at radius 1 is 1.15 bits per heavy atom. The van der Waals surface area contributed by atoms with Crippen molar-refractivity contribution in [2.24, 2.45) is 5.92 Å². The maximum Gasteiger partial charge on any atom is 0.222 e. The fourth-order valence-corrected chi connectivity index (χ4v) is 3.90. The lowest BCUT2D eigenvalue weighted by Crippen LogP contribution is -2.39. The van der Waals surface area contributed by atoms with Crippen LogP contribution in [0.5, 0.6) is 0 Å². The Balaban J connectivity index is 1.25. The minimum atomic E-state index is 0.278. The van der Waals surface area contributed by atoms with Crippen LogP contribution in [0.2, 0.25) is 0 Å². The fraction of sp³-hybridized carbons (Fsp3) is 0.364. The zero-order valence-electron chi connectivity index (χ0n) is 15.0. The van der Waals surface area contributed by atoms with E-state index in [0.717, 1.165) is 55.4 Å². The summed E-state index contributed by atoms with van der Waals surface area (Å²) < 4.78 is 0. The van der Waals surface area contributed by atoms with Crippen molar-refractivity contribution in [3.63, 3.8) is 0 Å². The number of rotatable bonds is 5. The summed E-state index contributed by atoms with van der Waals surface area (Å²) in [6.07, 6.45) is 8.33. The van der Waals surface area contributed by atoms with Crippen LogP contribution in [0.3, 0.4) is 0 Å². The molecule has 134 valence electrons. The number of benzene rings is 1. The summed E-state index contributed by atoms with van der Waals surface area (Å²) in [5.41, 5.74) is 3.61. The highest BCUT2D eigenvalue weighted by atomic mass is 16.2. The van der Waals surface area contributed by atoms with Crippen molar-refractivity contribution in [2.45, 2.75) is 32.1 Å². The van der Waals surface area contributed by atoms with Crippen LogP contribution in [0.25, 0.3) is 10.9 Å². The molecular formula is C22H25N3O. The second-order valence-corrected chi connectivity index (χ2v) is 7.27. The maximum atomic E-state index is 12.6. The first-order valence-electron chi connectivity index (χ1n) is 9.51. The van der Waals surface area contributed by atoms with Gasteiger partial charge in [-0.2, -0.15) is 0 Å². The molecule has 0 atom stereocenters. The first-order valence-corrected chi connectivity index (χ1v) is 9.51. The van der Waals surface area contributed by atoms with Gasteiger partial charge in [-0.1, -0.05) is 30.3 Å². The van der Waals surface area contributed by atoms with Gasteiger partial charge in [-0.05, 0) is 49.3 Å². The Labute approximate surface area is 154 Å². The van der Waals surface area contributed by atoms with Gasteiger partial charge in [0.25, 0.3) is 0 Å². The van der Waals surface area contributed by atoms with Crippen molar-refractivity contribution in [1.29, 1.82) is 0 Å². The molecule has 0 unspecified atom stereocenters. The highest BCUT2D eigenvalue weighted by molar-refractivity contribution is 5.80. The van der Waals surface area contributed by atoms with Gasteiger partial charge in [0, 0.05) is 48.5 Å². The fourth-order valence-electron chi connectivity index (χ4n) is 3.90. The van der Waals surface area contributed by atoms with Crippen LogP contribution in [-0.2, 0) is 17.6 Å². The molecule has 0 saturated carbocycles. The zero-order valence-corrected chi connectivity index (χ0v) is 15.0. The van der Waals surface area contributed by atoms with E-state index in [1.54, 1.807) is 6.20 Å². The quantitative estimate of drug-likeness (QED) is 0.759. The Morgan fingerprint density at radius 3 is 2.73 bits per heavy atom. The lowest BCUT2D eigenvalue weighted by molar-refractivity contribution is -0.132. The number of hydrogen-bond acceptors (Lipinski definition) is 2. The van der Waals surface area contributed by atoms with Crippen LogP contribution in [0.4, 0.5) is 0 Å². The highest BCUT2D eigenvalue weighted by Crippen LogP contribution is 2.22. The number of nitrogens with one attached hydrogen (secondary N) is 1. The summed E-state index contributed by atoms with van der Waals surface area (Å²) in [5.74, 6) is 0.975. The molecule has 2 aromatic heterocycles. The van der Waals surface area contributed by atoms with Gasteiger partial charge < -0.3 is 9.88 Å². The van der Waals surface area contributed by atoms with E-state index in [0.29, 0.717) is 12.3 Å². The number of aromatic amines is 1. The molecule has 1 aliphatic rings. The zero-order chi connectivity index (χ0) is 17.8. The van der Waals surface area contributed by atoms with Crippen molar-refractivity contribution in [2.75, 3.05) is 13.1 Å². The average Bonchev–Trinajstić information content (AvgIpc) is 3.10. The number of carbonyl (C=O) groups excluding carboxylic acids is 1. The maximum absolute atomic E-state index is 12.6. The van der Waals surface area contributed by atoms with E-state index in [2.05, 4.69) is 46.4 Å². The molecule has 3 heterocycles. The Bertz CT molecular complexity index is 830. The van der Waals surface area contributed by atoms with Gasteiger partial charge in [-0.3, -0.25) is 9.78 Å². The summed E-state index contributed by atoms with van der Waals surface area (Å²) in [6.45, 7) is 1.79. The lowest BCUT2D eigenvalue weighted by atomic mass is 9.90. The molecule has 0 spiro atoms. The normalized spacial score (nSPS) is 15.5. The van der Waals surface area contributed by atoms with Crippen molar-refractivity contribution < 1.29 is 4.79 Å². The Morgan fingerprint density at radius 2 is 1.96 bits per heavy atom. The second-order valence-electron chi connectivity index (χ2n) is 7.27. The van der Waals surface area contributed by atoms with Crippen molar-refractivity contribution in [3.8, 4) is 0 Å². The van der Waals surface area contributed by atoms with Gasteiger partial charge in [0.1, 0.15) is 0 Å². The number of pyridine rings is 1. The number of carbonyl (C=O) groups is 1. The Hall–Kier alpha value is -2.62. The molecule has 1 aromatic carbocycles.